The minimum atomic E-state index is -4.72. The predicted octanol–water partition coefficient (Wildman–Crippen LogP) is 4.63. The number of hydrogen-bond donors (Lipinski definition) is 1. The van der Waals surface area contributed by atoms with Gasteiger partial charge in [-0.2, -0.15) is 0 Å². The number of hydrogen-bond acceptors (Lipinski definition) is 4. The van der Waals surface area contributed by atoms with Crippen molar-refractivity contribution in [3.05, 3.63) is 58.9 Å². The molecular formula is C18H19ClF3N3OS. The lowest BCUT2D eigenvalue weighted by Gasteiger charge is -2.17. The summed E-state index contributed by atoms with van der Waals surface area (Å²) in [5, 5.41) is 8.11. The van der Waals surface area contributed by atoms with Crippen molar-refractivity contribution in [1.82, 2.24) is 9.47 Å². The smallest absolute Gasteiger partial charge is 0.406 e. The molecule has 0 aliphatic heterocycles. The lowest BCUT2D eigenvalue weighted by Crippen LogP contribution is -2.26. The van der Waals surface area contributed by atoms with Crippen molar-refractivity contribution >= 4 is 34.0 Å². The minimum absolute atomic E-state index is 0. The molecule has 27 heavy (non-hydrogen) atoms. The zero-order chi connectivity index (χ0) is 18.7. The fourth-order valence-electron chi connectivity index (χ4n) is 2.73. The van der Waals surface area contributed by atoms with Gasteiger partial charge in [0.1, 0.15) is 5.75 Å². The zero-order valence-corrected chi connectivity index (χ0v) is 16.1. The van der Waals surface area contributed by atoms with Gasteiger partial charge >= 0.3 is 6.36 Å². The molecule has 0 atom stereocenters. The SMILES string of the molecule is CN(CCn1c(=N)sc2cc(OC(F)(F)F)ccc21)Cc1ccccc1.Cl. The average molecular weight is 418 g/mol. The Hall–Kier alpha value is -2.03. The lowest BCUT2D eigenvalue weighted by molar-refractivity contribution is -0.274. The van der Waals surface area contributed by atoms with Crippen molar-refractivity contribution in [1.29, 1.82) is 5.41 Å². The van der Waals surface area contributed by atoms with E-state index in [-0.39, 0.29) is 18.2 Å². The van der Waals surface area contributed by atoms with Crippen LogP contribution >= 0.6 is 23.7 Å². The van der Waals surface area contributed by atoms with Crippen LogP contribution in [-0.4, -0.2) is 29.4 Å². The molecule has 0 radical (unpaired) electrons. The molecule has 0 unspecified atom stereocenters. The maximum absolute atomic E-state index is 12.3. The van der Waals surface area contributed by atoms with E-state index < -0.39 is 6.36 Å². The van der Waals surface area contributed by atoms with Gasteiger partial charge in [0, 0.05) is 19.6 Å². The highest BCUT2D eigenvalue weighted by atomic mass is 35.5. The predicted molar refractivity (Wildman–Crippen MR) is 102 cm³/mol. The standard InChI is InChI=1S/C18H18F3N3OS.ClH/c1-23(12-13-5-3-2-4-6-13)9-10-24-15-8-7-14(25-18(19,20)21)11-16(15)26-17(24)22;/h2-8,11,22H,9-10,12H2,1H3;1H. The summed E-state index contributed by atoms with van der Waals surface area (Å²) in [6, 6.07) is 14.3. The van der Waals surface area contributed by atoms with E-state index >= 15 is 0 Å². The van der Waals surface area contributed by atoms with Crippen molar-refractivity contribution < 1.29 is 17.9 Å². The Morgan fingerprint density at radius 3 is 2.52 bits per heavy atom. The molecule has 0 aliphatic carbocycles. The van der Waals surface area contributed by atoms with Crippen LogP contribution in [0.5, 0.6) is 5.75 Å². The van der Waals surface area contributed by atoms with E-state index in [1.807, 2.05) is 25.2 Å². The molecule has 3 aromatic rings. The number of rotatable bonds is 6. The quantitative estimate of drug-likeness (QED) is 0.635. The molecular weight excluding hydrogens is 399 g/mol. The van der Waals surface area contributed by atoms with Gasteiger partial charge in [-0.15, -0.1) is 25.6 Å². The third-order valence-corrected chi connectivity index (χ3v) is 4.87. The van der Waals surface area contributed by atoms with Crippen molar-refractivity contribution in [3.63, 3.8) is 0 Å². The molecule has 0 spiro atoms. The van der Waals surface area contributed by atoms with Crippen LogP contribution in [0.25, 0.3) is 10.2 Å². The van der Waals surface area contributed by atoms with Crippen molar-refractivity contribution in [3.8, 4) is 5.75 Å². The topological polar surface area (TPSA) is 41.2 Å². The average Bonchev–Trinajstić information content (AvgIpc) is 2.87. The van der Waals surface area contributed by atoms with Crippen LogP contribution in [0, 0.1) is 5.41 Å². The number of likely N-dealkylation sites (N-methyl/N-ethyl adjacent to an activating group) is 1. The van der Waals surface area contributed by atoms with Gasteiger partial charge in [0.2, 0.25) is 0 Å². The molecule has 0 bridgehead atoms. The van der Waals surface area contributed by atoms with Crippen molar-refractivity contribution in [2.75, 3.05) is 13.6 Å². The Bertz CT molecular complexity index is 940. The largest absolute Gasteiger partial charge is 0.573 e. The third-order valence-electron chi connectivity index (χ3n) is 3.91. The molecule has 0 amide bonds. The molecule has 1 N–H and O–H groups in total. The summed E-state index contributed by atoms with van der Waals surface area (Å²) >= 11 is 1.14. The summed E-state index contributed by atoms with van der Waals surface area (Å²) in [5.41, 5.74) is 1.94. The molecule has 1 aromatic heterocycles. The summed E-state index contributed by atoms with van der Waals surface area (Å²) in [7, 11) is 2.00. The second-order valence-corrected chi connectivity index (χ2v) is 6.99. The summed E-state index contributed by atoms with van der Waals surface area (Å²) in [5.74, 6) is -0.264. The van der Waals surface area contributed by atoms with Gasteiger partial charge in [0.25, 0.3) is 0 Å². The van der Waals surface area contributed by atoms with E-state index in [4.69, 9.17) is 5.41 Å². The van der Waals surface area contributed by atoms with Crippen LogP contribution < -0.4 is 9.54 Å². The monoisotopic (exact) mass is 417 g/mol. The van der Waals surface area contributed by atoms with Crippen LogP contribution in [0.1, 0.15) is 5.56 Å². The molecule has 4 nitrogen and oxygen atoms in total. The van der Waals surface area contributed by atoms with Crippen LogP contribution in [0.3, 0.4) is 0 Å². The molecule has 0 saturated heterocycles. The van der Waals surface area contributed by atoms with Gasteiger partial charge in [-0.05, 0) is 30.8 Å². The van der Waals surface area contributed by atoms with Gasteiger partial charge in [-0.3, -0.25) is 5.41 Å². The number of fused-ring (bicyclic) bond motifs is 1. The Morgan fingerprint density at radius 1 is 1.15 bits per heavy atom. The van der Waals surface area contributed by atoms with Crippen LogP contribution in [-0.2, 0) is 13.1 Å². The van der Waals surface area contributed by atoms with Gasteiger partial charge < -0.3 is 14.2 Å². The van der Waals surface area contributed by atoms with E-state index in [0.717, 1.165) is 29.9 Å². The third kappa shape index (κ3) is 5.72. The van der Waals surface area contributed by atoms with Crippen molar-refractivity contribution in [2.45, 2.75) is 19.5 Å². The summed E-state index contributed by atoms with van der Waals surface area (Å²) in [6.45, 7) is 2.10. The highest BCUT2D eigenvalue weighted by molar-refractivity contribution is 7.16. The summed E-state index contributed by atoms with van der Waals surface area (Å²) in [6.07, 6.45) is -4.72. The normalized spacial score (nSPS) is 11.6. The molecule has 3 rings (SSSR count). The van der Waals surface area contributed by atoms with E-state index in [1.165, 1.54) is 17.7 Å². The van der Waals surface area contributed by atoms with Crippen LogP contribution in [0.2, 0.25) is 0 Å². The van der Waals surface area contributed by atoms with Crippen LogP contribution in [0.4, 0.5) is 13.2 Å². The first-order chi connectivity index (χ1) is 12.3. The fraction of sp³-hybridized carbons (Fsp3) is 0.278. The number of aromatic nitrogens is 1. The maximum atomic E-state index is 12.3. The van der Waals surface area contributed by atoms with Crippen molar-refractivity contribution in [2.24, 2.45) is 0 Å². The molecule has 0 saturated carbocycles. The van der Waals surface area contributed by atoms with E-state index in [0.29, 0.717) is 16.0 Å². The Morgan fingerprint density at radius 2 is 1.85 bits per heavy atom. The fourth-order valence-corrected chi connectivity index (χ4v) is 3.70. The number of thiazole rings is 1. The lowest BCUT2D eigenvalue weighted by atomic mass is 10.2. The molecule has 0 fully saturated rings. The number of nitrogens with zero attached hydrogens (tertiary/aromatic N) is 2. The second-order valence-electron chi connectivity index (χ2n) is 5.96. The van der Waals surface area contributed by atoms with Gasteiger partial charge in [0.05, 0.1) is 10.2 Å². The summed E-state index contributed by atoms with van der Waals surface area (Å²) < 4.78 is 43.4. The summed E-state index contributed by atoms with van der Waals surface area (Å²) in [4.78, 5) is 2.45. The van der Waals surface area contributed by atoms with E-state index in [2.05, 4.69) is 21.8 Å². The molecule has 0 aliphatic rings. The Balaban J connectivity index is 0.00000261. The number of nitrogens with one attached hydrogen (secondary N) is 1. The van der Waals surface area contributed by atoms with Crippen LogP contribution in [0.15, 0.2) is 48.5 Å². The highest BCUT2D eigenvalue weighted by Crippen LogP contribution is 2.27. The minimum Gasteiger partial charge on any atom is -0.406 e. The Kier molecular flexibility index (Phi) is 6.91. The maximum Gasteiger partial charge on any atom is 0.573 e. The van der Waals surface area contributed by atoms with Gasteiger partial charge in [0.15, 0.2) is 4.80 Å². The number of halogens is 4. The first-order valence-corrected chi connectivity index (χ1v) is 8.80. The van der Waals surface area contributed by atoms with Gasteiger partial charge in [-0.25, -0.2) is 0 Å². The number of benzene rings is 2. The number of alkyl halides is 3. The first kappa shape index (κ1) is 21.3. The first-order valence-electron chi connectivity index (χ1n) is 7.98. The van der Waals surface area contributed by atoms with E-state index in [1.54, 1.807) is 10.6 Å². The second kappa shape index (κ2) is 8.77. The molecule has 2 aromatic carbocycles. The number of ether oxygens (including phenoxy) is 1. The van der Waals surface area contributed by atoms with E-state index in [9.17, 15) is 13.2 Å². The zero-order valence-electron chi connectivity index (χ0n) is 14.5. The highest BCUT2D eigenvalue weighted by Gasteiger charge is 2.31. The van der Waals surface area contributed by atoms with Gasteiger partial charge in [-0.1, -0.05) is 41.7 Å². The molecule has 146 valence electrons. The Labute approximate surface area is 164 Å². The molecule has 9 heteroatoms. The molecule has 1 heterocycles.